The number of ether oxygens (including phenoxy) is 1. The first-order valence-electron chi connectivity index (χ1n) is 8.35. The molecule has 1 aromatic heterocycles. The second-order valence-electron chi connectivity index (χ2n) is 8.09. The van der Waals surface area contributed by atoms with Gasteiger partial charge in [-0.2, -0.15) is 0 Å². The second kappa shape index (κ2) is 5.51. The highest BCUT2D eigenvalue weighted by Crippen LogP contribution is 2.43. The van der Waals surface area contributed by atoms with Gasteiger partial charge in [-0.25, -0.2) is 9.59 Å². The van der Waals surface area contributed by atoms with Gasteiger partial charge in [0.2, 0.25) is 0 Å². The summed E-state index contributed by atoms with van der Waals surface area (Å²) in [6.07, 6.45) is -0.614. The Bertz CT molecular complexity index is 845. The third kappa shape index (κ3) is 2.86. The van der Waals surface area contributed by atoms with Crippen LogP contribution in [0.2, 0.25) is 0 Å². The lowest BCUT2D eigenvalue weighted by molar-refractivity contribution is -0.146. The molecule has 0 aliphatic carbocycles. The summed E-state index contributed by atoms with van der Waals surface area (Å²) in [6.45, 7) is 9.21. The van der Waals surface area contributed by atoms with Crippen LogP contribution in [0.15, 0.2) is 24.3 Å². The van der Waals surface area contributed by atoms with Crippen LogP contribution in [-0.4, -0.2) is 38.7 Å². The molecule has 3 rings (SSSR count). The normalized spacial score (nSPS) is 19.6. The molecular formula is C19H24N2O4. The summed E-state index contributed by atoms with van der Waals surface area (Å²) in [4.78, 5) is 29.4. The number of nitrogens with one attached hydrogen (secondary N) is 1. The van der Waals surface area contributed by atoms with Gasteiger partial charge in [0.1, 0.15) is 11.6 Å². The molecule has 0 saturated heterocycles. The fourth-order valence-electron chi connectivity index (χ4n) is 3.77. The van der Waals surface area contributed by atoms with E-state index in [0.29, 0.717) is 0 Å². The Morgan fingerprint density at radius 3 is 2.52 bits per heavy atom. The summed E-state index contributed by atoms with van der Waals surface area (Å²) in [6, 6.07) is 6.79. The number of fused-ring (bicyclic) bond motifs is 3. The van der Waals surface area contributed by atoms with Gasteiger partial charge in [0.25, 0.3) is 0 Å². The molecule has 1 aromatic carbocycles. The first kappa shape index (κ1) is 17.3. The Morgan fingerprint density at radius 2 is 1.92 bits per heavy atom. The van der Waals surface area contributed by atoms with Crippen LogP contribution in [0, 0.1) is 0 Å². The van der Waals surface area contributed by atoms with Crippen molar-refractivity contribution < 1.29 is 19.4 Å². The summed E-state index contributed by atoms with van der Waals surface area (Å²) in [7, 11) is 0. The molecule has 0 saturated carbocycles. The van der Waals surface area contributed by atoms with E-state index in [1.54, 1.807) is 20.8 Å². The number of amides is 1. The van der Waals surface area contributed by atoms with E-state index in [4.69, 9.17) is 4.74 Å². The molecule has 2 N–H and O–H groups in total. The van der Waals surface area contributed by atoms with E-state index in [2.05, 4.69) is 4.98 Å². The lowest BCUT2D eigenvalue weighted by atomic mass is 9.73. The smallest absolute Gasteiger partial charge is 0.411 e. The molecule has 6 nitrogen and oxygen atoms in total. The predicted molar refractivity (Wildman–Crippen MR) is 94.5 cm³/mol. The molecule has 0 radical (unpaired) electrons. The topological polar surface area (TPSA) is 82.6 Å². The van der Waals surface area contributed by atoms with Gasteiger partial charge in [0.05, 0.1) is 6.54 Å². The molecule has 0 bridgehead atoms. The highest BCUT2D eigenvalue weighted by Gasteiger charge is 2.50. The Kier molecular flexibility index (Phi) is 3.82. The zero-order chi connectivity index (χ0) is 18.6. The molecular weight excluding hydrogens is 320 g/mol. The number of para-hydroxylation sites is 1. The summed E-state index contributed by atoms with van der Waals surface area (Å²) < 4.78 is 5.45. The standard InChI is InChI=1S/C19H24N2O4/c1-18(2,3)25-17(24)21-10-13-14(19(4,5)15(21)16(22)23)11-8-6-7-9-12(11)20-13/h6-9,15,20H,10H2,1-5H3,(H,22,23). The van der Waals surface area contributed by atoms with E-state index >= 15 is 0 Å². The van der Waals surface area contributed by atoms with Gasteiger partial charge in [0, 0.05) is 22.0 Å². The van der Waals surface area contributed by atoms with Gasteiger partial charge in [-0.05, 0) is 32.4 Å². The summed E-state index contributed by atoms with van der Waals surface area (Å²) in [5.74, 6) is -1.04. The van der Waals surface area contributed by atoms with E-state index in [1.807, 2.05) is 38.1 Å². The van der Waals surface area contributed by atoms with Gasteiger partial charge in [0.15, 0.2) is 0 Å². The molecule has 1 amide bonds. The number of carboxylic acids is 1. The number of aromatic nitrogens is 1. The van der Waals surface area contributed by atoms with Gasteiger partial charge < -0.3 is 14.8 Å². The maximum absolute atomic E-state index is 12.7. The molecule has 25 heavy (non-hydrogen) atoms. The maximum Gasteiger partial charge on any atom is 0.411 e. The number of hydrogen-bond acceptors (Lipinski definition) is 3. The lowest BCUT2D eigenvalue weighted by Gasteiger charge is -2.44. The number of carbonyl (C=O) groups is 2. The zero-order valence-electron chi connectivity index (χ0n) is 15.2. The number of carbonyl (C=O) groups excluding carboxylic acids is 1. The zero-order valence-corrected chi connectivity index (χ0v) is 15.2. The Balaban J connectivity index is 2.14. The molecule has 0 spiro atoms. The van der Waals surface area contributed by atoms with Crippen molar-refractivity contribution in [3.05, 3.63) is 35.5 Å². The molecule has 0 fully saturated rings. The minimum atomic E-state index is -1.04. The maximum atomic E-state index is 12.7. The SMILES string of the molecule is CC(C)(C)OC(=O)N1Cc2[nH]c3ccccc3c2C(C)(C)C1C(=O)O. The van der Waals surface area contributed by atoms with Crippen LogP contribution in [0.4, 0.5) is 4.79 Å². The van der Waals surface area contributed by atoms with Crippen LogP contribution in [-0.2, 0) is 21.5 Å². The molecule has 2 aromatic rings. The predicted octanol–water partition coefficient (Wildman–Crippen LogP) is 3.65. The van der Waals surface area contributed by atoms with Crippen molar-refractivity contribution in [2.24, 2.45) is 0 Å². The first-order valence-corrected chi connectivity index (χ1v) is 8.35. The Morgan fingerprint density at radius 1 is 1.28 bits per heavy atom. The third-order valence-corrected chi connectivity index (χ3v) is 4.61. The van der Waals surface area contributed by atoms with Crippen LogP contribution in [0.1, 0.15) is 45.9 Å². The molecule has 1 unspecified atom stereocenters. The fraction of sp³-hybridized carbons (Fsp3) is 0.474. The van der Waals surface area contributed by atoms with Crippen LogP contribution in [0.25, 0.3) is 10.9 Å². The number of nitrogens with zero attached hydrogens (tertiary/aromatic N) is 1. The quantitative estimate of drug-likeness (QED) is 0.827. The van der Waals surface area contributed by atoms with E-state index in [1.165, 1.54) is 4.90 Å². The molecule has 134 valence electrons. The highest BCUT2D eigenvalue weighted by molar-refractivity contribution is 5.90. The van der Waals surface area contributed by atoms with Crippen LogP contribution >= 0.6 is 0 Å². The number of aliphatic carboxylic acids is 1. The van der Waals surface area contributed by atoms with Crippen LogP contribution in [0.3, 0.4) is 0 Å². The van der Waals surface area contributed by atoms with Crippen LogP contribution in [0.5, 0.6) is 0 Å². The third-order valence-electron chi connectivity index (χ3n) is 4.61. The van der Waals surface area contributed by atoms with Gasteiger partial charge in [-0.1, -0.05) is 32.0 Å². The summed E-state index contributed by atoms with van der Waals surface area (Å²) >= 11 is 0. The van der Waals surface area contributed by atoms with E-state index in [9.17, 15) is 14.7 Å². The van der Waals surface area contributed by atoms with Gasteiger partial charge in [-0.3, -0.25) is 4.90 Å². The molecule has 2 heterocycles. The van der Waals surface area contributed by atoms with Crippen molar-refractivity contribution in [2.45, 2.75) is 58.2 Å². The highest BCUT2D eigenvalue weighted by atomic mass is 16.6. The Labute approximate surface area is 146 Å². The van der Waals surface area contributed by atoms with Crippen LogP contribution < -0.4 is 0 Å². The average molecular weight is 344 g/mol. The monoisotopic (exact) mass is 344 g/mol. The van der Waals surface area contributed by atoms with E-state index in [-0.39, 0.29) is 6.54 Å². The molecule has 1 aliphatic rings. The summed E-state index contributed by atoms with van der Waals surface area (Å²) in [5, 5.41) is 10.9. The number of aromatic amines is 1. The fourth-order valence-corrected chi connectivity index (χ4v) is 3.77. The van der Waals surface area contributed by atoms with Gasteiger partial charge in [-0.15, -0.1) is 0 Å². The second-order valence-corrected chi connectivity index (χ2v) is 8.09. The largest absolute Gasteiger partial charge is 0.480 e. The molecule has 6 heteroatoms. The molecule has 1 atom stereocenters. The lowest BCUT2D eigenvalue weighted by Crippen LogP contribution is -2.58. The minimum absolute atomic E-state index is 0.180. The van der Waals surface area contributed by atoms with Crippen molar-refractivity contribution in [2.75, 3.05) is 0 Å². The van der Waals surface area contributed by atoms with Crippen molar-refractivity contribution in [1.29, 1.82) is 0 Å². The van der Waals surface area contributed by atoms with Crippen molar-refractivity contribution >= 4 is 23.0 Å². The van der Waals surface area contributed by atoms with Crippen molar-refractivity contribution in [3.63, 3.8) is 0 Å². The van der Waals surface area contributed by atoms with E-state index in [0.717, 1.165) is 22.2 Å². The molecule has 1 aliphatic heterocycles. The van der Waals surface area contributed by atoms with Gasteiger partial charge >= 0.3 is 12.1 Å². The average Bonchev–Trinajstić information content (AvgIpc) is 2.83. The number of carboxylic acid groups (broad SMARTS) is 1. The van der Waals surface area contributed by atoms with Crippen molar-refractivity contribution in [3.8, 4) is 0 Å². The Hall–Kier alpha value is -2.50. The number of rotatable bonds is 1. The minimum Gasteiger partial charge on any atom is -0.480 e. The number of benzene rings is 1. The number of H-pyrrole nitrogens is 1. The van der Waals surface area contributed by atoms with E-state index < -0.39 is 29.1 Å². The summed E-state index contributed by atoms with van der Waals surface area (Å²) in [5.41, 5.74) is 1.29. The first-order chi connectivity index (χ1) is 11.5. The van der Waals surface area contributed by atoms with Crippen molar-refractivity contribution in [1.82, 2.24) is 9.88 Å². The number of hydrogen-bond donors (Lipinski definition) is 2.